The van der Waals surface area contributed by atoms with E-state index in [1.54, 1.807) is 24.3 Å². The molecule has 1 N–H and O–H groups in total. The Morgan fingerprint density at radius 3 is 2.56 bits per heavy atom. The van der Waals surface area contributed by atoms with Crippen molar-refractivity contribution in [1.82, 2.24) is 24.9 Å². The van der Waals surface area contributed by atoms with Crippen LogP contribution in [-0.2, 0) is 16.6 Å². The Bertz CT molecular complexity index is 1040. The number of benzene rings is 2. The molecule has 0 aliphatic heterocycles. The number of hydrogen-bond donors (Lipinski definition) is 1. The van der Waals surface area contributed by atoms with Gasteiger partial charge in [0, 0.05) is 6.07 Å². The minimum atomic E-state index is -4.22. The van der Waals surface area contributed by atoms with E-state index in [0.29, 0.717) is 24.1 Å². The van der Waals surface area contributed by atoms with Crippen molar-refractivity contribution in [2.45, 2.75) is 18.4 Å². The van der Waals surface area contributed by atoms with Gasteiger partial charge in [-0.15, -0.1) is 5.10 Å². The summed E-state index contributed by atoms with van der Waals surface area (Å²) in [6, 6.07) is 9.07. The first kappa shape index (κ1) is 18.9. The molecule has 0 aliphatic rings. The Labute approximate surface area is 153 Å². The van der Waals surface area contributed by atoms with E-state index in [0.717, 1.165) is 12.1 Å². The van der Waals surface area contributed by atoms with E-state index in [4.69, 9.17) is 4.74 Å². The summed E-state index contributed by atoms with van der Waals surface area (Å²) < 4.78 is 60.1. The highest BCUT2D eigenvalue weighted by Gasteiger charge is 2.21. The smallest absolute Gasteiger partial charge is 0.243 e. The number of nitrogens with zero attached hydrogens (tertiary/aromatic N) is 4. The van der Waals surface area contributed by atoms with Gasteiger partial charge in [0.1, 0.15) is 22.3 Å². The van der Waals surface area contributed by atoms with Crippen LogP contribution in [0.5, 0.6) is 5.75 Å². The second-order valence-corrected chi connectivity index (χ2v) is 7.07. The highest BCUT2D eigenvalue weighted by molar-refractivity contribution is 7.89. The maximum atomic E-state index is 13.7. The van der Waals surface area contributed by atoms with Gasteiger partial charge in [-0.05, 0) is 53.7 Å². The highest BCUT2D eigenvalue weighted by Crippen LogP contribution is 2.17. The molecular formula is C16H15F2N5O3S. The van der Waals surface area contributed by atoms with Crippen molar-refractivity contribution in [3.05, 3.63) is 59.9 Å². The Hall–Kier alpha value is -2.92. The number of ether oxygens (including phenoxy) is 1. The Kier molecular flexibility index (Phi) is 5.42. The lowest BCUT2D eigenvalue weighted by Gasteiger charge is -2.09. The summed E-state index contributed by atoms with van der Waals surface area (Å²) >= 11 is 0. The van der Waals surface area contributed by atoms with Crippen molar-refractivity contribution in [1.29, 1.82) is 0 Å². The standard InChI is InChI=1S/C16H15F2N5O3S/c1-2-26-13-6-4-12(5-7-13)23-16(20-21-22-23)10-19-27(24,25)15-8-3-11(17)9-14(15)18/h3-9,19H,2,10H2,1H3. The average molecular weight is 395 g/mol. The molecular weight excluding hydrogens is 380 g/mol. The second kappa shape index (κ2) is 7.76. The van der Waals surface area contributed by atoms with Crippen LogP contribution >= 0.6 is 0 Å². The number of tetrazole rings is 1. The van der Waals surface area contributed by atoms with Crippen molar-refractivity contribution in [3.63, 3.8) is 0 Å². The van der Waals surface area contributed by atoms with Gasteiger partial charge in [-0.25, -0.2) is 21.9 Å². The molecule has 0 fully saturated rings. The fourth-order valence-electron chi connectivity index (χ4n) is 2.30. The van der Waals surface area contributed by atoms with Gasteiger partial charge in [-0.1, -0.05) is 0 Å². The first-order valence-corrected chi connectivity index (χ1v) is 9.34. The average Bonchev–Trinajstić information content (AvgIpc) is 3.09. The molecule has 11 heteroatoms. The van der Waals surface area contributed by atoms with Crippen molar-refractivity contribution >= 4 is 10.0 Å². The molecule has 27 heavy (non-hydrogen) atoms. The molecule has 8 nitrogen and oxygen atoms in total. The van der Waals surface area contributed by atoms with Gasteiger partial charge >= 0.3 is 0 Å². The van der Waals surface area contributed by atoms with Crippen molar-refractivity contribution in [2.75, 3.05) is 6.61 Å². The van der Waals surface area contributed by atoms with Crippen LogP contribution in [0.1, 0.15) is 12.7 Å². The first-order chi connectivity index (χ1) is 12.9. The summed E-state index contributed by atoms with van der Waals surface area (Å²) in [5.74, 6) is -1.20. The molecule has 142 valence electrons. The molecule has 1 aromatic heterocycles. The van der Waals surface area contributed by atoms with Gasteiger partial charge < -0.3 is 4.74 Å². The molecule has 0 bridgehead atoms. The number of sulfonamides is 1. The van der Waals surface area contributed by atoms with Crippen LogP contribution in [0.15, 0.2) is 47.4 Å². The highest BCUT2D eigenvalue weighted by atomic mass is 32.2. The van der Waals surface area contributed by atoms with Crippen LogP contribution in [0.3, 0.4) is 0 Å². The number of rotatable bonds is 7. The van der Waals surface area contributed by atoms with E-state index in [2.05, 4.69) is 20.2 Å². The third-order valence-electron chi connectivity index (χ3n) is 3.53. The van der Waals surface area contributed by atoms with Gasteiger partial charge in [-0.2, -0.15) is 4.68 Å². The lowest BCUT2D eigenvalue weighted by atomic mass is 10.3. The zero-order valence-electron chi connectivity index (χ0n) is 14.1. The van der Waals surface area contributed by atoms with Crippen LogP contribution in [0.2, 0.25) is 0 Å². The van der Waals surface area contributed by atoms with E-state index < -0.39 is 26.6 Å². The first-order valence-electron chi connectivity index (χ1n) is 7.86. The SMILES string of the molecule is CCOc1ccc(-n2nnnc2CNS(=O)(=O)c2ccc(F)cc2F)cc1. The Balaban J connectivity index is 1.78. The molecule has 0 aliphatic carbocycles. The van der Waals surface area contributed by atoms with Crippen molar-refractivity contribution in [2.24, 2.45) is 0 Å². The molecule has 0 spiro atoms. The zero-order valence-corrected chi connectivity index (χ0v) is 14.9. The molecule has 0 saturated heterocycles. The van der Waals surface area contributed by atoms with Gasteiger partial charge in [0.05, 0.1) is 18.8 Å². The van der Waals surface area contributed by atoms with Gasteiger partial charge in [0.2, 0.25) is 10.0 Å². The maximum Gasteiger partial charge on any atom is 0.243 e. The van der Waals surface area contributed by atoms with Crippen LogP contribution in [-0.4, -0.2) is 35.2 Å². The quantitative estimate of drug-likeness (QED) is 0.655. The normalized spacial score (nSPS) is 11.5. The molecule has 0 atom stereocenters. The molecule has 3 rings (SSSR count). The van der Waals surface area contributed by atoms with Gasteiger partial charge in [0.25, 0.3) is 0 Å². The number of halogens is 2. The van der Waals surface area contributed by atoms with Crippen LogP contribution in [0, 0.1) is 11.6 Å². The third-order valence-corrected chi connectivity index (χ3v) is 4.96. The predicted octanol–water partition coefficient (Wildman–Crippen LogP) is 1.82. The maximum absolute atomic E-state index is 13.7. The molecule has 1 heterocycles. The molecule has 2 aromatic carbocycles. The Morgan fingerprint density at radius 2 is 1.89 bits per heavy atom. The topological polar surface area (TPSA) is 99.0 Å². The summed E-state index contributed by atoms with van der Waals surface area (Å²) in [7, 11) is -4.22. The lowest BCUT2D eigenvalue weighted by molar-refractivity contribution is 0.340. The molecule has 0 amide bonds. The summed E-state index contributed by atoms with van der Waals surface area (Å²) in [4.78, 5) is -0.663. The lowest BCUT2D eigenvalue weighted by Crippen LogP contribution is -2.26. The largest absolute Gasteiger partial charge is 0.494 e. The van der Waals surface area contributed by atoms with Crippen LogP contribution < -0.4 is 9.46 Å². The number of aromatic nitrogens is 4. The third kappa shape index (κ3) is 4.26. The summed E-state index contributed by atoms with van der Waals surface area (Å²) in [6.45, 7) is 2.10. The van der Waals surface area contributed by atoms with Crippen LogP contribution in [0.25, 0.3) is 5.69 Å². The summed E-state index contributed by atoms with van der Waals surface area (Å²) in [6.07, 6.45) is 0. The number of nitrogens with one attached hydrogen (secondary N) is 1. The van der Waals surface area contributed by atoms with E-state index >= 15 is 0 Å². The van der Waals surface area contributed by atoms with Crippen molar-refractivity contribution < 1.29 is 21.9 Å². The molecule has 0 unspecified atom stereocenters. The predicted molar refractivity (Wildman–Crippen MR) is 90.7 cm³/mol. The molecule has 3 aromatic rings. The van der Waals surface area contributed by atoms with E-state index in [1.807, 2.05) is 6.92 Å². The number of hydrogen-bond acceptors (Lipinski definition) is 6. The fourth-order valence-corrected chi connectivity index (χ4v) is 3.33. The Morgan fingerprint density at radius 1 is 1.15 bits per heavy atom. The minimum Gasteiger partial charge on any atom is -0.494 e. The van der Waals surface area contributed by atoms with Crippen LogP contribution in [0.4, 0.5) is 8.78 Å². The summed E-state index contributed by atoms with van der Waals surface area (Å²) in [5.41, 5.74) is 0.589. The summed E-state index contributed by atoms with van der Waals surface area (Å²) in [5, 5.41) is 11.1. The monoisotopic (exact) mass is 395 g/mol. The fraction of sp³-hybridized carbons (Fsp3) is 0.188. The molecule has 0 saturated carbocycles. The van der Waals surface area contributed by atoms with Gasteiger partial charge in [-0.3, -0.25) is 0 Å². The minimum absolute atomic E-state index is 0.185. The van der Waals surface area contributed by atoms with Gasteiger partial charge in [0.15, 0.2) is 5.82 Å². The molecule has 0 radical (unpaired) electrons. The van der Waals surface area contributed by atoms with E-state index in [-0.39, 0.29) is 12.4 Å². The zero-order chi connectivity index (χ0) is 19.4. The van der Waals surface area contributed by atoms with E-state index in [9.17, 15) is 17.2 Å². The van der Waals surface area contributed by atoms with E-state index in [1.165, 1.54) is 4.68 Å². The van der Waals surface area contributed by atoms with Crippen molar-refractivity contribution in [3.8, 4) is 11.4 Å². The second-order valence-electron chi connectivity index (χ2n) is 5.33.